The zero-order valence-electron chi connectivity index (χ0n) is 12.9. The summed E-state index contributed by atoms with van der Waals surface area (Å²) in [6, 6.07) is 5.88. The molecule has 0 aliphatic carbocycles. The summed E-state index contributed by atoms with van der Waals surface area (Å²) in [5, 5.41) is 13.3. The SMILES string of the molecule is N#Cc1cnc(N[C@@H]2CCN(c3ncnc4[nH]ccc34)C2)c(N)c1. The molecule has 0 radical (unpaired) electrons. The minimum absolute atomic E-state index is 0.219. The summed E-state index contributed by atoms with van der Waals surface area (Å²) >= 11 is 0. The van der Waals surface area contributed by atoms with E-state index < -0.39 is 0 Å². The van der Waals surface area contributed by atoms with Gasteiger partial charge in [-0.25, -0.2) is 15.0 Å². The number of hydrogen-bond donors (Lipinski definition) is 3. The lowest BCUT2D eigenvalue weighted by atomic mass is 10.2. The highest BCUT2D eigenvalue weighted by molar-refractivity contribution is 5.87. The zero-order valence-corrected chi connectivity index (χ0v) is 12.9. The lowest BCUT2D eigenvalue weighted by molar-refractivity contribution is 0.800. The Bertz CT molecular complexity index is 925. The summed E-state index contributed by atoms with van der Waals surface area (Å²) in [4.78, 5) is 18.2. The van der Waals surface area contributed by atoms with Crippen LogP contribution in [0.4, 0.5) is 17.3 Å². The molecule has 3 aromatic heterocycles. The number of H-pyrrole nitrogens is 1. The molecule has 4 heterocycles. The number of rotatable bonds is 3. The van der Waals surface area contributed by atoms with Crippen LogP contribution in [0.2, 0.25) is 0 Å². The number of nitriles is 1. The third kappa shape index (κ3) is 2.46. The average Bonchev–Trinajstić information content (AvgIpc) is 3.25. The maximum absolute atomic E-state index is 8.88. The second kappa shape index (κ2) is 5.70. The Kier molecular flexibility index (Phi) is 3.39. The molecule has 0 unspecified atom stereocenters. The minimum Gasteiger partial charge on any atom is -0.396 e. The molecule has 4 N–H and O–H groups in total. The van der Waals surface area contributed by atoms with E-state index >= 15 is 0 Å². The van der Waals surface area contributed by atoms with Gasteiger partial charge >= 0.3 is 0 Å². The molecule has 8 heteroatoms. The van der Waals surface area contributed by atoms with Gasteiger partial charge in [-0.2, -0.15) is 5.26 Å². The number of hydrogen-bond acceptors (Lipinski definition) is 7. The van der Waals surface area contributed by atoms with Crippen LogP contribution in [0.5, 0.6) is 0 Å². The first-order chi connectivity index (χ1) is 11.7. The highest BCUT2D eigenvalue weighted by atomic mass is 15.2. The molecule has 1 atom stereocenters. The van der Waals surface area contributed by atoms with Crippen molar-refractivity contribution in [2.75, 3.05) is 29.0 Å². The highest BCUT2D eigenvalue weighted by Crippen LogP contribution is 2.27. The number of nitrogens with one attached hydrogen (secondary N) is 2. The van der Waals surface area contributed by atoms with Crippen LogP contribution < -0.4 is 16.0 Å². The molecular weight excluding hydrogens is 304 g/mol. The standard InChI is InChI=1S/C16H16N8/c17-6-10-5-13(18)15(20-7-10)23-11-2-4-24(8-11)16-12-1-3-19-14(12)21-9-22-16/h1,3,5,7,9,11H,2,4,8,18H2,(H,20,23)(H,19,21,22)/t11-/m1/s1. The maximum Gasteiger partial charge on any atom is 0.149 e. The van der Waals surface area contributed by atoms with E-state index in [-0.39, 0.29) is 6.04 Å². The minimum atomic E-state index is 0.219. The van der Waals surface area contributed by atoms with Crippen molar-refractivity contribution in [3.63, 3.8) is 0 Å². The number of aromatic nitrogens is 4. The Balaban J connectivity index is 1.51. The van der Waals surface area contributed by atoms with E-state index in [1.165, 1.54) is 6.20 Å². The predicted molar refractivity (Wildman–Crippen MR) is 91.5 cm³/mol. The van der Waals surface area contributed by atoms with Crippen molar-refractivity contribution < 1.29 is 0 Å². The number of nitrogen functional groups attached to an aromatic ring is 1. The second-order valence-corrected chi connectivity index (χ2v) is 5.79. The molecule has 0 aromatic carbocycles. The van der Waals surface area contributed by atoms with Crippen molar-refractivity contribution >= 4 is 28.4 Å². The van der Waals surface area contributed by atoms with Gasteiger partial charge in [0.05, 0.1) is 16.6 Å². The third-order valence-corrected chi connectivity index (χ3v) is 4.21. The summed E-state index contributed by atoms with van der Waals surface area (Å²) in [6.45, 7) is 1.70. The highest BCUT2D eigenvalue weighted by Gasteiger charge is 2.25. The van der Waals surface area contributed by atoms with E-state index in [0.717, 1.165) is 36.4 Å². The number of aromatic amines is 1. The van der Waals surface area contributed by atoms with Gasteiger partial charge in [-0.1, -0.05) is 0 Å². The lowest BCUT2D eigenvalue weighted by Crippen LogP contribution is -2.27. The van der Waals surface area contributed by atoms with Gasteiger partial charge in [-0.05, 0) is 18.6 Å². The molecular formula is C16H16N8. The summed E-state index contributed by atoms with van der Waals surface area (Å²) in [5.74, 6) is 1.56. The third-order valence-electron chi connectivity index (χ3n) is 4.21. The van der Waals surface area contributed by atoms with Crippen LogP contribution in [-0.4, -0.2) is 39.1 Å². The summed E-state index contributed by atoms with van der Waals surface area (Å²) < 4.78 is 0. The average molecular weight is 320 g/mol. The van der Waals surface area contributed by atoms with Gasteiger partial charge < -0.3 is 20.9 Å². The first-order valence-corrected chi connectivity index (χ1v) is 7.70. The van der Waals surface area contributed by atoms with Crippen molar-refractivity contribution in [3.05, 3.63) is 36.4 Å². The van der Waals surface area contributed by atoms with E-state index in [1.54, 1.807) is 12.4 Å². The molecule has 0 amide bonds. The molecule has 0 saturated carbocycles. The number of anilines is 3. The first-order valence-electron chi connectivity index (χ1n) is 7.70. The molecule has 120 valence electrons. The monoisotopic (exact) mass is 320 g/mol. The van der Waals surface area contributed by atoms with Crippen LogP contribution in [0.1, 0.15) is 12.0 Å². The van der Waals surface area contributed by atoms with Crippen molar-refractivity contribution in [3.8, 4) is 6.07 Å². The van der Waals surface area contributed by atoms with Gasteiger partial charge in [-0.3, -0.25) is 0 Å². The predicted octanol–water partition coefficient (Wildman–Crippen LogP) is 1.50. The topological polar surface area (TPSA) is 120 Å². The molecule has 4 rings (SSSR count). The molecule has 24 heavy (non-hydrogen) atoms. The molecule has 1 aliphatic heterocycles. The molecule has 1 fully saturated rings. The fourth-order valence-electron chi connectivity index (χ4n) is 3.04. The molecule has 1 saturated heterocycles. The van der Waals surface area contributed by atoms with Crippen LogP contribution in [0, 0.1) is 11.3 Å². The first kappa shape index (κ1) is 14.3. The Labute approximate surface area is 138 Å². The Hall–Kier alpha value is -3.34. The van der Waals surface area contributed by atoms with Crippen molar-refractivity contribution in [2.45, 2.75) is 12.5 Å². The van der Waals surface area contributed by atoms with Gasteiger partial charge in [0.1, 0.15) is 29.7 Å². The number of nitrogens with zero attached hydrogens (tertiary/aromatic N) is 5. The van der Waals surface area contributed by atoms with Gasteiger partial charge in [-0.15, -0.1) is 0 Å². The normalized spacial score (nSPS) is 17.1. The largest absolute Gasteiger partial charge is 0.396 e. The number of fused-ring (bicyclic) bond motifs is 1. The fraction of sp³-hybridized carbons (Fsp3) is 0.250. The van der Waals surface area contributed by atoms with Gasteiger partial charge in [0.25, 0.3) is 0 Å². The molecule has 0 spiro atoms. The Morgan fingerprint density at radius 1 is 1.38 bits per heavy atom. The molecule has 8 nitrogen and oxygen atoms in total. The van der Waals surface area contributed by atoms with E-state index in [4.69, 9.17) is 11.0 Å². The Morgan fingerprint density at radius 3 is 3.12 bits per heavy atom. The molecule has 1 aliphatic rings. The van der Waals surface area contributed by atoms with E-state index in [1.807, 2.05) is 18.3 Å². The summed E-state index contributed by atoms with van der Waals surface area (Å²) in [7, 11) is 0. The van der Waals surface area contributed by atoms with Crippen LogP contribution in [-0.2, 0) is 0 Å². The quantitative estimate of drug-likeness (QED) is 0.669. The summed E-state index contributed by atoms with van der Waals surface area (Å²) in [5.41, 5.74) is 7.76. The van der Waals surface area contributed by atoms with E-state index in [9.17, 15) is 0 Å². The van der Waals surface area contributed by atoms with Crippen LogP contribution in [0.3, 0.4) is 0 Å². The van der Waals surface area contributed by atoms with Crippen molar-refractivity contribution in [1.29, 1.82) is 5.26 Å². The lowest BCUT2D eigenvalue weighted by Gasteiger charge is -2.19. The number of nitrogens with two attached hydrogens (primary N) is 1. The smallest absolute Gasteiger partial charge is 0.149 e. The fourth-order valence-corrected chi connectivity index (χ4v) is 3.04. The van der Waals surface area contributed by atoms with Crippen molar-refractivity contribution in [2.24, 2.45) is 0 Å². The van der Waals surface area contributed by atoms with Gasteiger partial charge in [0.2, 0.25) is 0 Å². The van der Waals surface area contributed by atoms with Gasteiger partial charge in [0, 0.05) is 31.5 Å². The van der Waals surface area contributed by atoms with Crippen LogP contribution in [0.15, 0.2) is 30.9 Å². The summed E-state index contributed by atoms with van der Waals surface area (Å²) in [6.07, 6.45) is 5.93. The second-order valence-electron chi connectivity index (χ2n) is 5.79. The van der Waals surface area contributed by atoms with E-state index in [2.05, 4.69) is 30.2 Å². The van der Waals surface area contributed by atoms with Crippen molar-refractivity contribution in [1.82, 2.24) is 19.9 Å². The van der Waals surface area contributed by atoms with Gasteiger partial charge in [0.15, 0.2) is 0 Å². The number of pyridine rings is 1. The zero-order chi connectivity index (χ0) is 16.5. The van der Waals surface area contributed by atoms with Crippen LogP contribution in [0.25, 0.3) is 11.0 Å². The molecule has 3 aromatic rings. The van der Waals surface area contributed by atoms with E-state index in [0.29, 0.717) is 17.1 Å². The Morgan fingerprint density at radius 2 is 2.29 bits per heavy atom. The molecule has 0 bridgehead atoms. The maximum atomic E-state index is 8.88. The van der Waals surface area contributed by atoms with Crippen LogP contribution >= 0.6 is 0 Å².